The van der Waals surface area contributed by atoms with Gasteiger partial charge in [-0.2, -0.15) is 10.2 Å². The molecule has 1 aromatic carbocycles. The maximum absolute atomic E-state index is 12.0. The van der Waals surface area contributed by atoms with Gasteiger partial charge in [0.05, 0.1) is 32.0 Å². The second kappa shape index (κ2) is 9.13. The van der Waals surface area contributed by atoms with Gasteiger partial charge in [-0.05, 0) is 18.2 Å². The lowest BCUT2D eigenvalue weighted by Gasteiger charge is -2.32. The molecule has 1 aliphatic heterocycles. The number of carbonyl (C=O) groups excluding carboxylic acids is 1. The summed E-state index contributed by atoms with van der Waals surface area (Å²) in [6.45, 7) is 2.67. The molecular weight excluding hydrogens is 398 g/mol. The predicted octanol–water partition coefficient (Wildman–Crippen LogP) is 2.00. The highest BCUT2D eigenvalue weighted by atomic mass is 16.5. The molecule has 1 fully saturated rings. The molecule has 0 spiro atoms. The lowest BCUT2D eigenvalue weighted by molar-refractivity contribution is -0.129. The minimum Gasteiger partial charge on any atom is -0.493 e. The third kappa shape index (κ3) is 4.36. The zero-order valence-corrected chi connectivity index (χ0v) is 17.9. The number of anilines is 1. The van der Waals surface area contributed by atoms with Gasteiger partial charge in [-0.1, -0.05) is 0 Å². The number of piperazine rings is 1. The van der Waals surface area contributed by atoms with E-state index < -0.39 is 0 Å². The van der Waals surface area contributed by atoms with Crippen molar-refractivity contribution in [1.82, 2.24) is 20.1 Å². The summed E-state index contributed by atoms with van der Waals surface area (Å²) in [7, 11) is 5.04. The van der Waals surface area contributed by atoms with Gasteiger partial charge in [-0.25, -0.2) is 4.98 Å². The number of likely N-dealkylation sites (N-methyl/N-ethyl adjacent to an activating group) is 1. The summed E-state index contributed by atoms with van der Waals surface area (Å²) >= 11 is 0. The molecule has 3 heterocycles. The molecule has 4 rings (SSSR count). The number of carbonyl (C=O) groups is 1. The van der Waals surface area contributed by atoms with Crippen molar-refractivity contribution >= 4 is 22.6 Å². The fourth-order valence-corrected chi connectivity index (χ4v) is 3.49. The average Bonchev–Trinajstić information content (AvgIpc) is 2.80. The number of pyridine rings is 1. The van der Waals surface area contributed by atoms with Gasteiger partial charge in [0.15, 0.2) is 11.5 Å². The predicted molar refractivity (Wildman–Crippen MR) is 117 cm³/mol. The van der Waals surface area contributed by atoms with E-state index in [1.54, 1.807) is 31.5 Å². The number of fused-ring (bicyclic) bond motifs is 1. The zero-order chi connectivity index (χ0) is 21.8. The van der Waals surface area contributed by atoms with Crippen LogP contribution >= 0.6 is 0 Å². The van der Waals surface area contributed by atoms with E-state index in [0.29, 0.717) is 43.3 Å². The summed E-state index contributed by atoms with van der Waals surface area (Å²) in [5.74, 6) is 2.07. The van der Waals surface area contributed by atoms with Crippen molar-refractivity contribution in [2.45, 2.75) is 0 Å². The minimum absolute atomic E-state index is 0.0939. The molecule has 0 aliphatic carbocycles. The molecule has 0 atom stereocenters. The summed E-state index contributed by atoms with van der Waals surface area (Å²) < 4.78 is 16.3. The van der Waals surface area contributed by atoms with E-state index in [1.165, 1.54) is 0 Å². The monoisotopic (exact) mass is 423 g/mol. The molecule has 0 bridgehead atoms. The highest BCUT2D eigenvalue weighted by Gasteiger charge is 2.22. The number of amides is 1. The Morgan fingerprint density at radius 3 is 2.65 bits per heavy atom. The summed E-state index contributed by atoms with van der Waals surface area (Å²) in [5.41, 5.74) is 2.48. The van der Waals surface area contributed by atoms with Crippen LogP contribution in [0.5, 0.6) is 11.5 Å². The lowest BCUT2D eigenvalue weighted by atomic mass is 10.0. The smallest absolute Gasteiger partial charge is 0.241 e. The molecule has 1 amide bonds. The van der Waals surface area contributed by atoms with E-state index in [1.807, 2.05) is 36.2 Å². The van der Waals surface area contributed by atoms with Crippen LogP contribution in [-0.2, 0) is 9.53 Å². The second-order valence-electron chi connectivity index (χ2n) is 7.26. The highest BCUT2D eigenvalue weighted by Crippen LogP contribution is 2.36. The summed E-state index contributed by atoms with van der Waals surface area (Å²) in [6, 6.07) is 7.63. The second-order valence-corrected chi connectivity index (χ2v) is 7.26. The van der Waals surface area contributed by atoms with Crippen molar-refractivity contribution in [3.05, 3.63) is 36.7 Å². The van der Waals surface area contributed by atoms with Gasteiger partial charge in [0.25, 0.3) is 0 Å². The van der Waals surface area contributed by atoms with Crippen LogP contribution in [0.1, 0.15) is 0 Å². The van der Waals surface area contributed by atoms with Gasteiger partial charge in [0.2, 0.25) is 5.91 Å². The summed E-state index contributed by atoms with van der Waals surface area (Å²) in [4.78, 5) is 20.3. The van der Waals surface area contributed by atoms with Gasteiger partial charge >= 0.3 is 0 Å². The molecule has 1 saturated heterocycles. The lowest BCUT2D eigenvalue weighted by Crippen LogP contribution is -2.48. The minimum atomic E-state index is 0.0939. The quantitative estimate of drug-likeness (QED) is 0.533. The van der Waals surface area contributed by atoms with Crippen LogP contribution in [0.3, 0.4) is 0 Å². The Morgan fingerprint density at radius 1 is 1.06 bits per heavy atom. The molecule has 0 saturated carbocycles. The number of ether oxygens (including phenoxy) is 3. The molecule has 9 nitrogen and oxygen atoms in total. The fraction of sp³-hybridized carbons (Fsp3) is 0.364. The molecule has 9 heteroatoms. The number of benzene rings is 1. The molecule has 0 unspecified atom stereocenters. The molecule has 162 valence electrons. The van der Waals surface area contributed by atoms with Crippen molar-refractivity contribution in [1.29, 1.82) is 0 Å². The van der Waals surface area contributed by atoms with Gasteiger partial charge in [0.1, 0.15) is 12.4 Å². The van der Waals surface area contributed by atoms with Crippen molar-refractivity contribution in [3.8, 4) is 22.6 Å². The first-order valence-electron chi connectivity index (χ1n) is 10.0. The SMILES string of the molecule is COCCOc1cc2c(-c3ccc(N4CCN(C)C(=O)C4)nc3)cnnc2cc1OC. The summed E-state index contributed by atoms with van der Waals surface area (Å²) in [5, 5.41) is 9.27. The Labute approximate surface area is 180 Å². The van der Waals surface area contributed by atoms with E-state index in [0.717, 1.165) is 28.9 Å². The first kappa shape index (κ1) is 20.8. The number of methoxy groups -OCH3 is 2. The van der Waals surface area contributed by atoms with Crippen molar-refractivity contribution in [3.63, 3.8) is 0 Å². The number of hydrogen-bond acceptors (Lipinski definition) is 8. The molecule has 0 N–H and O–H groups in total. The molecule has 0 radical (unpaired) electrons. The fourth-order valence-electron chi connectivity index (χ4n) is 3.49. The Kier molecular flexibility index (Phi) is 6.13. The topological polar surface area (TPSA) is 89.9 Å². The normalized spacial score (nSPS) is 14.2. The van der Waals surface area contributed by atoms with Crippen molar-refractivity contribution in [2.24, 2.45) is 0 Å². The third-order valence-electron chi connectivity index (χ3n) is 5.31. The molecule has 2 aromatic heterocycles. The van der Waals surface area contributed by atoms with Gasteiger partial charge in [-0.15, -0.1) is 0 Å². The van der Waals surface area contributed by atoms with Gasteiger partial charge in [0, 0.05) is 56.0 Å². The third-order valence-corrected chi connectivity index (χ3v) is 5.31. The van der Waals surface area contributed by atoms with Crippen LogP contribution < -0.4 is 14.4 Å². The Morgan fingerprint density at radius 2 is 1.94 bits per heavy atom. The van der Waals surface area contributed by atoms with E-state index in [4.69, 9.17) is 14.2 Å². The number of aromatic nitrogens is 3. The first-order chi connectivity index (χ1) is 15.1. The van der Waals surface area contributed by atoms with Crippen molar-refractivity contribution in [2.75, 3.05) is 59.0 Å². The standard InChI is InChI=1S/C22H25N5O4/c1-26-6-7-27(14-22(26)28)21-5-4-15(12-23-21)17-13-24-25-18-11-19(30-3)20(10-16(17)18)31-9-8-29-2/h4-5,10-13H,6-9,14H2,1-3H3. The van der Waals surface area contributed by atoms with E-state index >= 15 is 0 Å². The van der Waals surface area contributed by atoms with Crippen LogP contribution in [0.2, 0.25) is 0 Å². The molecule has 1 aliphatic rings. The molecule has 3 aromatic rings. The van der Waals surface area contributed by atoms with Gasteiger partial charge in [-0.3, -0.25) is 4.79 Å². The Hall–Kier alpha value is -3.46. The number of nitrogens with zero attached hydrogens (tertiary/aromatic N) is 5. The molecular formula is C22H25N5O4. The average molecular weight is 423 g/mol. The van der Waals surface area contributed by atoms with Crippen LogP contribution in [0, 0.1) is 0 Å². The molecule has 31 heavy (non-hydrogen) atoms. The van der Waals surface area contributed by atoms with Crippen molar-refractivity contribution < 1.29 is 19.0 Å². The van der Waals surface area contributed by atoms with E-state index in [9.17, 15) is 4.79 Å². The zero-order valence-electron chi connectivity index (χ0n) is 17.9. The highest BCUT2D eigenvalue weighted by molar-refractivity contribution is 5.95. The van der Waals surface area contributed by atoms with E-state index in [2.05, 4.69) is 15.2 Å². The number of rotatable bonds is 7. The number of hydrogen-bond donors (Lipinski definition) is 0. The van der Waals surface area contributed by atoms with Crippen LogP contribution in [-0.4, -0.2) is 80.1 Å². The maximum Gasteiger partial charge on any atom is 0.241 e. The first-order valence-corrected chi connectivity index (χ1v) is 10.0. The van der Waals surface area contributed by atoms with E-state index in [-0.39, 0.29) is 5.91 Å². The van der Waals surface area contributed by atoms with Crippen LogP contribution in [0.15, 0.2) is 36.7 Å². The Balaban J connectivity index is 1.65. The van der Waals surface area contributed by atoms with Gasteiger partial charge < -0.3 is 24.0 Å². The summed E-state index contributed by atoms with van der Waals surface area (Å²) in [6.07, 6.45) is 3.51. The Bertz CT molecular complexity index is 1070. The van der Waals surface area contributed by atoms with Crippen LogP contribution in [0.4, 0.5) is 5.82 Å². The largest absolute Gasteiger partial charge is 0.493 e. The maximum atomic E-state index is 12.0. The van der Waals surface area contributed by atoms with Crippen LogP contribution in [0.25, 0.3) is 22.0 Å².